The number of hydrogen-bond donors (Lipinski definition) is 1. The standard InChI is InChI=1S/C10H20N2OS/c1-8-10(5-11-6-10)7-12(8)14(13)9(2,3)4/h8,11H,5-7H2,1-4H3/t8-,14?/m0/s1. The summed E-state index contributed by atoms with van der Waals surface area (Å²) in [6.45, 7) is 11.5. The molecule has 0 aromatic carbocycles. The molecule has 0 bridgehead atoms. The Balaban J connectivity index is 2.00. The Labute approximate surface area is 88.8 Å². The van der Waals surface area contributed by atoms with Crippen LogP contribution in [0.15, 0.2) is 0 Å². The van der Waals surface area contributed by atoms with Gasteiger partial charge in [0.1, 0.15) is 0 Å². The molecule has 0 radical (unpaired) electrons. The van der Waals surface area contributed by atoms with Gasteiger partial charge in [0.05, 0.1) is 15.7 Å². The lowest BCUT2D eigenvalue weighted by Gasteiger charge is -2.61. The molecule has 4 heteroatoms. The van der Waals surface area contributed by atoms with E-state index in [1.807, 2.05) is 20.8 Å². The third-order valence-corrected chi connectivity index (χ3v) is 5.40. The van der Waals surface area contributed by atoms with E-state index in [1.54, 1.807) is 0 Å². The van der Waals surface area contributed by atoms with Gasteiger partial charge in [0.2, 0.25) is 0 Å². The predicted octanol–water partition coefficient (Wildman–Crippen LogP) is 0.742. The largest absolute Gasteiger partial charge is 0.315 e. The van der Waals surface area contributed by atoms with Crippen LogP contribution >= 0.6 is 0 Å². The van der Waals surface area contributed by atoms with Crippen molar-refractivity contribution in [2.24, 2.45) is 5.41 Å². The highest BCUT2D eigenvalue weighted by Crippen LogP contribution is 2.43. The van der Waals surface area contributed by atoms with E-state index in [-0.39, 0.29) is 4.75 Å². The molecule has 3 nitrogen and oxygen atoms in total. The van der Waals surface area contributed by atoms with Crippen LogP contribution in [-0.2, 0) is 11.0 Å². The zero-order chi connectivity index (χ0) is 10.6. The molecule has 2 aliphatic rings. The minimum atomic E-state index is -0.834. The average Bonchev–Trinajstić information content (AvgIpc) is 1.97. The summed E-state index contributed by atoms with van der Waals surface area (Å²) in [4.78, 5) is 0. The molecule has 0 amide bonds. The highest BCUT2D eigenvalue weighted by atomic mass is 32.2. The quantitative estimate of drug-likeness (QED) is 0.701. The van der Waals surface area contributed by atoms with E-state index in [1.165, 1.54) is 0 Å². The molecule has 2 saturated heterocycles. The zero-order valence-corrected chi connectivity index (χ0v) is 10.3. The summed E-state index contributed by atoms with van der Waals surface area (Å²) in [6.07, 6.45) is 0. The molecule has 2 atom stereocenters. The smallest absolute Gasteiger partial charge is 0.1000 e. The maximum absolute atomic E-state index is 12.1. The Kier molecular flexibility index (Phi) is 2.29. The van der Waals surface area contributed by atoms with Gasteiger partial charge in [0.15, 0.2) is 0 Å². The van der Waals surface area contributed by atoms with E-state index in [9.17, 15) is 4.21 Å². The second kappa shape index (κ2) is 3.03. The summed E-state index contributed by atoms with van der Waals surface area (Å²) in [7, 11) is -0.834. The minimum absolute atomic E-state index is 0.118. The number of nitrogens with zero attached hydrogens (tertiary/aromatic N) is 1. The highest BCUT2D eigenvalue weighted by Gasteiger charge is 2.56. The van der Waals surface area contributed by atoms with Crippen molar-refractivity contribution < 1.29 is 4.21 Å². The molecule has 0 saturated carbocycles. The minimum Gasteiger partial charge on any atom is -0.315 e. The van der Waals surface area contributed by atoms with Crippen molar-refractivity contribution in [1.29, 1.82) is 0 Å². The van der Waals surface area contributed by atoms with E-state index in [2.05, 4.69) is 16.5 Å². The van der Waals surface area contributed by atoms with Gasteiger partial charge in [-0.3, -0.25) is 0 Å². The monoisotopic (exact) mass is 216 g/mol. The Morgan fingerprint density at radius 2 is 2.00 bits per heavy atom. The Morgan fingerprint density at radius 3 is 2.29 bits per heavy atom. The average molecular weight is 216 g/mol. The third kappa shape index (κ3) is 1.35. The van der Waals surface area contributed by atoms with E-state index >= 15 is 0 Å². The van der Waals surface area contributed by atoms with Gasteiger partial charge in [0.25, 0.3) is 0 Å². The molecule has 1 unspecified atom stereocenters. The summed E-state index contributed by atoms with van der Waals surface area (Å²) in [5.74, 6) is 0. The van der Waals surface area contributed by atoms with Crippen LogP contribution in [0.25, 0.3) is 0 Å². The van der Waals surface area contributed by atoms with Gasteiger partial charge in [-0.1, -0.05) is 0 Å². The second-order valence-corrected chi connectivity index (χ2v) is 7.77. The molecule has 0 aromatic rings. The van der Waals surface area contributed by atoms with Crippen molar-refractivity contribution >= 4 is 11.0 Å². The van der Waals surface area contributed by atoms with Gasteiger partial charge >= 0.3 is 0 Å². The highest BCUT2D eigenvalue weighted by molar-refractivity contribution is 7.84. The van der Waals surface area contributed by atoms with Crippen molar-refractivity contribution in [3.05, 3.63) is 0 Å². The summed E-state index contributed by atoms with van der Waals surface area (Å²) in [5, 5.41) is 3.31. The molecule has 1 spiro atoms. The number of nitrogens with one attached hydrogen (secondary N) is 1. The molecule has 2 heterocycles. The SMILES string of the molecule is C[C@@H]1N(S(=O)C(C)(C)C)CC12CNC2. The lowest BCUT2D eigenvalue weighted by atomic mass is 9.69. The first-order valence-corrected chi connectivity index (χ1v) is 6.37. The Morgan fingerprint density at radius 1 is 1.43 bits per heavy atom. The van der Waals surface area contributed by atoms with Crippen LogP contribution in [-0.4, -0.2) is 38.9 Å². The third-order valence-electron chi connectivity index (χ3n) is 3.48. The van der Waals surface area contributed by atoms with E-state index in [0.717, 1.165) is 19.6 Å². The fourth-order valence-electron chi connectivity index (χ4n) is 2.18. The van der Waals surface area contributed by atoms with Crippen LogP contribution in [0.5, 0.6) is 0 Å². The fourth-order valence-corrected chi connectivity index (χ4v) is 3.77. The summed E-state index contributed by atoms with van der Waals surface area (Å²) in [5.41, 5.74) is 0.445. The second-order valence-electron chi connectivity index (χ2n) is 5.58. The number of rotatable bonds is 1. The molecule has 2 rings (SSSR count). The first kappa shape index (κ1) is 10.6. The van der Waals surface area contributed by atoms with Crippen LogP contribution in [0.1, 0.15) is 27.7 Å². The number of hydrogen-bond acceptors (Lipinski definition) is 2. The zero-order valence-electron chi connectivity index (χ0n) is 9.46. The van der Waals surface area contributed by atoms with Crippen molar-refractivity contribution in [3.63, 3.8) is 0 Å². The van der Waals surface area contributed by atoms with E-state index < -0.39 is 11.0 Å². The van der Waals surface area contributed by atoms with Gasteiger partial charge in [-0.25, -0.2) is 8.51 Å². The van der Waals surface area contributed by atoms with Crippen LogP contribution < -0.4 is 5.32 Å². The van der Waals surface area contributed by atoms with Crippen LogP contribution in [0.3, 0.4) is 0 Å². The lowest BCUT2D eigenvalue weighted by molar-refractivity contribution is -0.0414. The van der Waals surface area contributed by atoms with Crippen LogP contribution in [0.2, 0.25) is 0 Å². The molecular weight excluding hydrogens is 196 g/mol. The maximum atomic E-state index is 12.1. The molecular formula is C10H20N2OS. The molecule has 0 aliphatic carbocycles. The topological polar surface area (TPSA) is 32.3 Å². The molecule has 2 fully saturated rings. The summed E-state index contributed by atoms with van der Waals surface area (Å²) in [6, 6.07) is 0.476. The Hall–Kier alpha value is 0.0700. The maximum Gasteiger partial charge on any atom is 0.1000 e. The lowest BCUT2D eigenvalue weighted by Crippen LogP contribution is -2.76. The molecule has 0 aromatic heterocycles. The van der Waals surface area contributed by atoms with Crippen molar-refractivity contribution in [1.82, 2.24) is 9.62 Å². The first-order valence-electron chi connectivity index (χ1n) is 5.26. The normalized spacial score (nSPS) is 33.6. The fraction of sp³-hybridized carbons (Fsp3) is 1.00. The van der Waals surface area contributed by atoms with Crippen LogP contribution in [0, 0.1) is 5.41 Å². The molecule has 2 aliphatic heterocycles. The molecule has 14 heavy (non-hydrogen) atoms. The summed E-state index contributed by atoms with van der Waals surface area (Å²) < 4.78 is 14.1. The van der Waals surface area contributed by atoms with Gasteiger partial charge in [0, 0.05) is 31.1 Å². The molecule has 1 N–H and O–H groups in total. The van der Waals surface area contributed by atoms with Crippen molar-refractivity contribution in [2.45, 2.75) is 38.5 Å². The van der Waals surface area contributed by atoms with Crippen LogP contribution in [0.4, 0.5) is 0 Å². The van der Waals surface area contributed by atoms with Gasteiger partial charge in [-0.05, 0) is 27.7 Å². The first-order chi connectivity index (χ1) is 6.37. The van der Waals surface area contributed by atoms with Gasteiger partial charge in [-0.15, -0.1) is 0 Å². The van der Waals surface area contributed by atoms with E-state index in [0.29, 0.717) is 11.5 Å². The van der Waals surface area contributed by atoms with Crippen molar-refractivity contribution in [3.8, 4) is 0 Å². The van der Waals surface area contributed by atoms with E-state index in [4.69, 9.17) is 0 Å². The Bertz CT molecular complexity index is 268. The predicted molar refractivity (Wildman–Crippen MR) is 59.4 cm³/mol. The molecule has 82 valence electrons. The van der Waals surface area contributed by atoms with Crippen molar-refractivity contribution in [2.75, 3.05) is 19.6 Å². The van der Waals surface area contributed by atoms with Gasteiger partial charge in [-0.2, -0.15) is 0 Å². The summed E-state index contributed by atoms with van der Waals surface area (Å²) >= 11 is 0. The van der Waals surface area contributed by atoms with Gasteiger partial charge < -0.3 is 5.32 Å².